The lowest BCUT2D eigenvalue weighted by atomic mass is 9.75. The molecule has 0 saturated carbocycles. The van der Waals surface area contributed by atoms with E-state index in [1.807, 2.05) is 34.1 Å². The second-order valence-corrected chi connectivity index (χ2v) is 17.4. The number of amides is 2. The molecule has 6 saturated heterocycles. The van der Waals surface area contributed by atoms with Crippen LogP contribution in [0.3, 0.4) is 0 Å². The first-order valence-electron chi connectivity index (χ1n) is 22.3. The third-order valence-corrected chi connectivity index (χ3v) is 14.2. The van der Waals surface area contributed by atoms with Gasteiger partial charge in [0.25, 0.3) is 11.8 Å². The van der Waals surface area contributed by atoms with E-state index >= 15 is 0 Å². The van der Waals surface area contributed by atoms with Crippen molar-refractivity contribution >= 4 is 11.8 Å². The summed E-state index contributed by atoms with van der Waals surface area (Å²) >= 11 is 0. The Kier molecular flexibility index (Phi) is 13.8. The smallest absolute Gasteiger partial charge is 0.289 e. The van der Waals surface area contributed by atoms with Crippen LogP contribution in [0.2, 0.25) is 0 Å². The standard InChI is InChI=1S/C25H29FN2O2.C25H27FN2O2.CH4O/c2*1-30-24(22-16-27-13-10-18(22)11-14-27)25(29)28-15-12-17-4-2-3-5-21(17)23(28)19-6-8-20(26)9-7-19;1-2/h2-9,18,22-24H,10-16H2,1H3;2-9,18,23H,10-16H2,1H3;2H,1H3/b;24-22-;/t22?,23-,24?;23-;/m00./s1. The van der Waals surface area contributed by atoms with Gasteiger partial charge in [-0.25, -0.2) is 8.78 Å². The number of ether oxygens (including phenoxy) is 2. The molecule has 9 nitrogen and oxygen atoms in total. The molecule has 328 valence electrons. The van der Waals surface area contributed by atoms with E-state index in [0.717, 1.165) is 113 Å². The van der Waals surface area contributed by atoms with Crippen molar-refractivity contribution in [2.75, 3.05) is 73.7 Å². The zero-order valence-corrected chi connectivity index (χ0v) is 36.2. The van der Waals surface area contributed by atoms with E-state index in [4.69, 9.17) is 14.6 Å². The average molecular weight is 847 g/mol. The molecule has 6 fully saturated rings. The molecule has 4 aromatic rings. The molecule has 0 aliphatic carbocycles. The van der Waals surface area contributed by atoms with Gasteiger partial charge in [-0.3, -0.25) is 14.5 Å². The van der Waals surface area contributed by atoms with E-state index < -0.39 is 6.10 Å². The highest BCUT2D eigenvalue weighted by Gasteiger charge is 2.45. The van der Waals surface area contributed by atoms with Gasteiger partial charge in [-0.1, -0.05) is 72.8 Å². The first kappa shape index (κ1) is 43.7. The number of benzene rings is 4. The Bertz CT molecular complexity index is 2200. The molecule has 2 unspecified atom stereocenters. The summed E-state index contributed by atoms with van der Waals surface area (Å²) in [5, 5.41) is 7.00. The predicted octanol–water partition coefficient (Wildman–Crippen LogP) is 7.19. The van der Waals surface area contributed by atoms with Crippen LogP contribution >= 0.6 is 0 Å². The van der Waals surface area contributed by atoms with Crippen LogP contribution in [0, 0.1) is 29.4 Å². The second kappa shape index (κ2) is 19.6. The molecule has 4 atom stereocenters. The number of rotatable bonds is 7. The Labute approximate surface area is 364 Å². The number of aliphatic hydroxyl groups excluding tert-OH is 1. The van der Waals surface area contributed by atoms with E-state index in [0.29, 0.717) is 30.7 Å². The normalized spacial score (nSPS) is 27.0. The Morgan fingerprint density at radius 2 is 1.15 bits per heavy atom. The minimum Gasteiger partial charge on any atom is -0.491 e. The number of methoxy groups -OCH3 is 2. The summed E-state index contributed by atoms with van der Waals surface area (Å²) in [6.45, 7) is 7.53. The van der Waals surface area contributed by atoms with Gasteiger partial charge in [-0.15, -0.1) is 0 Å². The molecular formula is C51H60F2N4O5. The van der Waals surface area contributed by atoms with Gasteiger partial charge in [0.05, 0.1) is 19.2 Å². The van der Waals surface area contributed by atoms with Crippen molar-refractivity contribution < 1.29 is 33.0 Å². The molecule has 8 aliphatic heterocycles. The Balaban J connectivity index is 0.000000164. The molecule has 11 heteroatoms. The van der Waals surface area contributed by atoms with Gasteiger partial charge in [0, 0.05) is 46.3 Å². The maximum atomic E-state index is 13.9. The summed E-state index contributed by atoms with van der Waals surface area (Å²) in [7, 11) is 4.29. The molecule has 62 heavy (non-hydrogen) atoms. The van der Waals surface area contributed by atoms with Gasteiger partial charge >= 0.3 is 0 Å². The second-order valence-electron chi connectivity index (χ2n) is 17.4. The van der Waals surface area contributed by atoms with E-state index in [9.17, 15) is 18.4 Å². The largest absolute Gasteiger partial charge is 0.491 e. The van der Waals surface area contributed by atoms with Crippen LogP contribution < -0.4 is 0 Å². The van der Waals surface area contributed by atoms with Crippen LogP contribution in [0.1, 0.15) is 71.1 Å². The van der Waals surface area contributed by atoms with Crippen LogP contribution in [0.15, 0.2) is 108 Å². The molecule has 4 bridgehead atoms. The molecule has 8 heterocycles. The van der Waals surface area contributed by atoms with Crippen molar-refractivity contribution in [1.29, 1.82) is 0 Å². The van der Waals surface area contributed by atoms with Crippen LogP contribution in [0.5, 0.6) is 0 Å². The minimum atomic E-state index is -0.425. The SMILES string of the molecule is CO.CO/C(C(=O)N1CCc2ccccc2[C@@H]1c1ccc(F)cc1)=C1/CN2CCC1CC2.COC(C(=O)N1CCc2ccccc2[C@@H]1c1ccc(F)cc1)C1CN2CCC1CC2. The Hall–Kier alpha value is -4.94. The van der Waals surface area contributed by atoms with Crippen LogP contribution in [-0.2, 0) is 31.9 Å². The van der Waals surface area contributed by atoms with Gasteiger partial charge < -0.3 is 29.3 Å². The van der Waals surface area contributed by atoms with Crippen molar-refractivity contribution in [3.05, 3.63) is 153 Å². The molecule has 1 N–H and O–H groups in total. The lowest BCUT2D eigenvalue weighted by Gasteiger charge is -2.48. The first-order valence-corrected chi connectivity index (χ1v) is 22.3. The lowest BCUT2D eigenvalue weighted by molar-refractivity contribution is -0.153. The molecule has 0 spiro atoms. The Morgan fingerprint density at radius 3 is 1.61 bits per heavy atom. The number of aliphatic hydroxyl groups is 1. The van der Waals surface area contributed by atoms with Gasteiger partial charge in [-0.05, 0) is 140 Å². The zero-order chi connectivity index (χ0) is 43.3. The summed E-state index contributed by atoms with van der Waals surface area (Å²) in [5.74, 6) is 1.24. The molecule has 12 rings (SSSR count). The fourth-order valence-corrected chi connectivity index (χ4v) is 11.1. The number of halogens is 2. The van der Waals surface area contributed by atoms with Crippen molar-refractivity contribution in [3.63, 3.8) is 0 Å². The molecule has 0 radical (unpaired) electrons. The molecule has 0 aromatic heterocycles. The van der Waals surface area contributed by atoms with Crippen LogP contribution in [0.4, 0.5) is 8.78 Å². The number of fused-ring (bicyclic) bond motifs is 8. The number of hydrogen-bond acceptors (Lipinski definition) is 7. The molecule has 4 aromatic carbocycles. The topological polar surface area (TPSA) is 85.8 Å². The highest BCUT2D eigenvalue weighted by Crippen LogP contribution is 2.41. The number of hydrogen-bond donors (Lipinski definition) is 1. The maximum Gasteiger partial charge on any atom is 0.289 e. The monoisotopic (exact) mass is 846 g/mol. The lowest BCUT2D eigenvalue weighted by Crippen LogP contribution is -2.56. The van der Waals surface area contributed by atoms with E-state index in [-0.39, 0.29) is 41.5 Å². The van der Waals surface area contributed by atoms with Crippen molar-refractivity contribution in [2.24, 2.45) is 17.8 Å². The fraction of sp³-hybridized carbons (Fsp3) is 0.451. The summed E-state index contributed by atoms with van der Waals surface area (Å²) in [6, 6.07) is 29.2. The third kappa shape index (κ3) is 8.82. The number of carbonyl (C=O) groups excluding carboxylic acids is 2. The van der Waals surface area contributed by atoms with Gasteiger partial charge in [0.1, 0.15) is 17.7 Å². The quantitative estimate of drug-likeness (QED) is 0.156. The molecule has 2 amide bonds. The number of piperidine rings is 6. The van der Waals surface area contributed by atoms with Gasteiger partial charge in [0.15, 0.2) is 5.76 Å². The van der Waals surface area contributed by atoms with Crippen LogP contribution in [-0.4, -0.2) is 116 Å². The van der Waals surface area contributed by atoms with Crippen molar-refractivity contribution in [1.82, 2.24) is 19.6 Å². The minimum absolute atomic E-state index is 0.0509. The molecule has 8 aliphatic rings. The highest BCUT2D eigenvalue weighted by molar-refractivity contribution is 5.93. The summed E-state index contributed by atoms with van der Waals surface area (Å²) in [4.78, 5) is 36.5. The predicted molar refractivity (Wildman–Crippen MR) is 235 cm³/mol. The average Bonchev–Trinajstić information content (AvgIpc) is 3.33. The van der Waals surface area contributed by atoms with E-state index in [1.54, 1.807) is 38.5 Å². The fourth-order valence-electron chi connectivity index (χ4n) is 11.1. The third-order valence-electron chi connectivity index (χ3n) is 14.2. The van der Waals surface area contributed by atoms with Gasteiger partial charge in [-0.2, -0.15) is 0 Å². The first-order chi connectivity index (χ1) is 30.3. The van der Waals surface area contributed by atoms with E-state index in [1.165, 1.54) is 35.4 Å². The number of nitrogens with zero attached hydrogens (tertiary/aromatic N) is 4. The zero-order valence-electron chi connectivity index (χ0n) is 36.2. The summed E-state index contributed by atoms with van der Waals surface area (Å²) in [5.41, 5.74) is 7.76. The summed E-state index contributed by atoms with van der Waals surface area (Å²) in [6.07, 6.45) is 5.72. The maximum absolute atomic E-state index is 13.9. The summed E-state index contributed by atoms with van der Waals surface area (Å²) < 4.78 is 38.8. The van der Waals surface area contributed by atoms with Gasteiger partial charge in [0.2, 0.25) is 0 Å². The van der Waals surface area contributed by atoms with Crippen molar-refractivity contribution in [2.45, 2.75) is 56.7 Å². The highest BCUT2D eigenvalue weighted by atomic mass is 19.1. The van der Waals surface area contributed by atoms with E-state index in [2.05, 4.69) is 34.1 Å². The Morgan fingerprint density at radius 1 is 0.645 bits per heavy atom. The number of carbonyl (C=O) groups is 2. The van der Waals surface area contributed by atoms with Crippen molar-refractivity contribution in [3.8, 4) is 0 Å². The van der Waals surface area contributed by atoms with Crippen LogP contribution in [0.25, 0.3) is 0 Å². The molecular weight excluding hydrogens is 787 g/mol.